The van der Waals surface area contributed by atoms with Gasteiger partial charge in [-0.3, -0.25) is 0 Å². The van der Waals surface area contributed by atoms with Crippen molar-refractivity contribution in [1.29, 1.82) is 0 Å². The fourth-order valence-electron chi connectivity index (χ4n) is 3.67. The molecule has 0 saturated heterocycles. The molecule has 0 amide bonds. The van der Waals surface area contributed by atoms with Gasteiger partial charge >= 0.3 is 0 Å². The van der Waals surface area contributed by atoms with Crippen LogP contribution in [0.1, 0.15) is 45.2 Å². The van der Waals surface area contributed by atoms with Crippen molar-refractivity contribution in [2.75, 3.05) is 0 Å². The van der Waals surface area contributed by atoms with Crippen molar-refractivity contribution in [3.63, 3.8) is 0 Å². The summed E-state index contributed by atoms with van der Waals surface area (Å²) in [7, 11) is 0. The molecule has 1 aliphatic heterocycles. The SMILES string of the molecule is CC(C)C1=CC2Oc3ccc(C(C)C)c4ccn(c34)C2C=C1. The van der Waals surface area contributed by atoms with Gasteiger partial charge in [0, 0.05) is 11.6 Å². The Kier molecular flexibility index (Phi) is 2.97. The zero-order valence-electron chi connectivity index (χ0n) is 13.7. The summed E-state index contributed by atoms with van der Waals surface area (Å²) in [5.74, 6) is 2.08. The van der Waals surface area contributed by atoms with E-state index in [1.165, 1.54) is 22.0 Å². The molecule has 1 aliphatic carbocycles. The van der Waals surface area contributed by atoms with Crippen molar-refractivity contribution in [1.82, 2.24) is 4.57 Å². The molecule has 2 heteroatoms. The molecule has 2 atom stereocenters. The summed E-state index contributed by atoms with van der Waals surface area (Å²) in [5.41, 5.74) is 4.02. The van der Waals surface area contributed by atoms with Crippen molar-refractivity contribution in [3.05, 3.63) is 53.8 Å². The van der Waals surface area contributed by atoms with Crippen LogP contribution in [0.25, 0.3) is 10.9 Å². The van der Waals surface area contributed by atoms with Crippen LogP contribution in [-0.4, -0.2) is 10.7 Å². The van der Waals surface area contributed by atoms with E-state index in [0.717, 1.165) is 5.75 Å². The van der Waals surface area contributed by atoms with E-state index >= 15 is 0 Å². The summed E-state index contributed by atoms with van der Waals surface area (Å²) in [6.45, 7) is 8.96. The highest BCUT2D eigenvalue weighted by molar-refractivity contribution is 5.90. The summed E-state index contributed by atoms with van der Waals surface area (Å²) in [4.78, 5) is 0. The first-order valence-electron chi connectivity index (χ1n) is 8.26. The highest BCUT2D eigenvalue weighted by atomic mass is 16.5. The smallest absolute Gasteiger partial charge is 0.144 e. The van der Waals surface area contributed by atoms with Gasteiger partial charge in [-0.2, -0.15) is 0 Å². The van der Waals surface area contributed by atoms with E-state index in [1.54, 1.807) is 0 Å². The van der Waals surface area contributed by atoms with Gasteiger partial charge in [0.05, 0.1) is 11.6 Å². The number of fused-ring (bicyclic) bond motifs is 2. The minimum Gasteiger partial charge on any atom is -0.482 e. The van der Waals surface area contributed by atoms with Gasteiger partial charge in [0.25, 0.3) is 0 Å². The van der Waals surface area contributed by atoms with Gasteiger partial charge in [-0.25, -0.2) is 0 Å². The number of rotatable bonds is 2. The van der Waals surface area contributed by atoms with E-state index in [9.17, 15) is 0 Å². The molecule has 0 spiro atoms. The first-order valence-corrected chi connectivity index (χ1v) is 8.26. The van der Waals surface area contributed by atoms with Crippen molar-refractivity contribution in [2.45, 2.75) is 45.8 Å². The average Bonchev–Trinajstić information content (AvgIpc) is 2.93. The Labute approximate surface area is 132 Å². The Hall–Kier alpha value is -1.96. The molecule has 2 heterocycles. The number of benzene rings is 1. The molecular formula is C20H23NO. The lowest BCUT2D eigenvalue weighted by molar-refractivity contribution is 0.190. The Morgan fingerprint density at radius 1 is 1.05 bits per heavy atom. The van der Waals surface area contributed by atoms with E-state index < -0.39 is 0 Å². The summed E-state index contributed by atoms with van der Waals surface area (Å²) in [6, 6.07) is 6.88. The Morgan fingerprint density at radius 2 is 1.86 bits per heavy atom. The number of nitrogens with zero attached hydrogens (tertiary/aromatic N) is 1. The molecule has 2 aromatic rings. The highest BCUT2D eigenvalue weighted by Gasteiger charge is 2.31. The van der Waals surface area contributed by atoms with Crippen LogP contribution in [0.2, 0.25) is 0 Å². The van der Waals surface area contributed by atoms with E-state index in [4.69, 9.17) is 4.74 Å². The van der Waals surface area contributed by atoms with Gasteiger partial charge in [0.1, 0.15) is 11.9 Å². The van der Waals surface area contributed by atoms with Gasteiger partial charge in [-0.15, -0.1) is 0 Å². The topological polar surface area (TPSA) is 14.2 Å². The Morgan fingerprint density at radius 3 is 2.59 bits per heavy atom. The number of aromatic nitrogens is 1. The number of hydrogen-bond acceptors (Lipinski definition) is 1. The molecule has 2 aliphatic rings. The number of allylic oxidation sites excluding steroid dienone is 2. The average molecular weight is 293 g/mol. The largest absolute Gasteiger partial charge is 0.482 e. The summed E-state index contributed by atoms with van der Waals surface area (Å²) < 4.78 is 8.72. The van der Waals surface area contributed by atoms with Gasteiger partial charge in [-0.05, 0) is 41.2 Å². The zero-order chi connectivity index (χ0) is 15.4. The molecule has 114 valence electrons. The zero-order valence-corrected chi connectivity index (χ0v) is 13.7. The van der Waals surface area contributed by atoms with E-state index in [1.807, 2.05) is 0 Å². The molecule has 0 fully saturated rings. The predicted octanol–water partition coefficient (Wildman–Crippen LogP) is 5.22. The summed E-state index contributed by atoms with van der Waals surface area (Å²) in [6.07, 6.45) is 9.18. The summed E-state index contributed by atoms with van der Waals surface area (Å²) >= 11 is 0. The molecule has 0 bridgehead atoms. The maximum Gasteiger partial charge on any atom is 0.144 e. The van der Waals surface area contributed by atoms with Crippen LogP contribution in [0.5, 0.6) is 5.75 Å². The van der Waals surface area contributed by atoms with Crippen LogP contribution in [0, 0.1) is 5.92 Å². The lowest BCUT2D eigenvalue weighted by Crippen LogP contribution is -2.32. The monoisotopic (exact) mass is 293 g/mol. The van der Waals surface area contributed by atoms with E-state index in [2.05, 4.69) is 74.9 Å². The predicted molar refractivity (Wildman–Crippen MR) is 91.5 cm³/mol. The third-order valence-corrected chi connectivity index (χ3v) is 4.93. The van der Waals surface area contributed by atoms with Gasteiger partial charge < -0.3 is 9.30 Å². The second-order valence-electron chi connectivity index (χ2n) is 7.05. The van der Waals surface area contributed by atoms with Crippen LogP contribution in [0.3, 0.4) is 0 Å². The van der Waals surface area contributed by atoms with Crippen LogP contribution < -0.4 is 4.74 Å². The van der Waals surface area contributed by atoms with E-state index in [0.29, 0.717) is 11.8 Å². The molecule has 22 heavy (non-hydrogen) atoms. The summed E-state index contributed by atoms with van der Waals surface area (Å²) in [5, 5.41) is 1.33. The van der Waals surface area contributed by atoms with E-state index in [-0.39, 0.29) is 12.1 Å². The molecular weight excluding hydrogens is 270 g/mol. The first-order chi connectivity index (χ1) is 10.6. The second-order valence-corrected chi connectivity index (χ2v) is 7.05. The van der Waals surface area contributed by atoms with Crippen LogP contribution in [-0.2, 0) is 0 Å². The standard InChI is InChI=1S/C20H23NO/c1-12(2)14-5-7-17-19(11-14)22-18-8-6-15(13(3)4)16-9-10-21(17)20(16)18/h5-13,17,19H,1-4H3. The third-order valence-electron chi connectivity index (χ3n) is 4.93. The molecule has 2 nitrogen and oxygen atoms in total. The lowest BCUT2D eigenvalue weighted by atomic mass is 9.92. The quantitative estimate of drug-likeness (QED) is 0.740. The Balaban J connectivity index is 1.86. The fourth-order valence-corrected chi connectivity index (χ4v) is 3.67. The maximum atomic E-state index is 6.33. The third kappa shape index (κ3) is 1.86. The molecule has 0 radical (unpaired) electrons. The van der Waals surface area contributed by atoms with Gasteiger partial charge in [0.2, 0.25) is 0 Å². The van der Waals surface area contributed by atoms with Gasteiger partial charge in [-0.1, -0.05) is 45.9 Å². The minimum absolute atomic E-state index is 0.107. The Bertz CT molecular complexity index is 791. The molecule has 0 saturated carbocycles. The molecule has 1 aromatic heterocycles. The van der Waals surface area contributed by atoms with Crippen molar-refractivity contribution >= 4 is 10.9 Å². The van der Waals surface area contributed by atoms with Crippen LogP contribution in [0.15, 0.2) is 48.2 Å². The highest BCUT2D eigenvalue weighted by Crippen LogP contribution is 2.42. The number of ether oxygens (including phenoxy) is 1. The number of hydrogen-bond donors (Lipinski definition) is 0. The maximum absolute atomic E-state index is 6.33. The normalized spacial score (nSPS) is 22.9. The minimum atomic E-state index is 0.107. The molecule has 0 N–H and O–H groups in total. The first kappa shape index (κ1) is 13.7. The lowest BCUT2D eigenvalue weighted by Gasteiger charge is -2.34. The van der Waals surface area contributed by atoms with Crippen LogP contribution in [0.4, 0.5) is 0 Å². The van der Waals surface area contributed by atoms with Gasteiger partial charge in [0.15, 0.2) is 0 Å². The molecule has 4 rings (SSSR count). The molecule has 2 unspecified atom stereocenters. The fraction of sp³-hybridized carbons (Fsp3) is 0.400. The van der Waals surface area contributed by atoms with Crippen molar-refractivity contribution in [3.8, 4) is 5.75 Å². The second kappa shape index (κ2) is 4.77. The van der Waals surface area contributed by atoms with Crippen molar-refractivity contribution in [2.24, 2.45) is 5.92 Å². The molecule has 1 aromatic carbocycles. The van der Waals surface area contributed by atoms with Crippen LogP contribution >= 0.6 is 0 Å². The van der Waals surface area contributed by atoms with Crippen molar-refractivity contribution < 1.29 is 4.74 Å².